The Balaban J connectivity index is 1.89. The lowest BCUT2D eigenvalue weighted by Gasteiger charge is -2.22. The Kier molecular flexibility index (Phi) is 2.34. The number of rotatable bonds is 2. The van der Waals surface area contributed by atoms with Gasteiger partial charge in [-0.05, 0) is 28.1 Å². The molecule has 0 saturated carbocycles. The molecule has 1 saturated heterocycles. The Morgan fingerprint density at radius 3 is 2.93 bits per heavy atom. The first-order chi connectivity index (χ1) is 7.33. The Morgan fingerprint density at radius 2 is 2.33 bits per heavy atom. The van der Waals surface area contributed by atoms with E-state index in [1.54, 1.807) is 11.3 Å². The number of hydrogen-bond donors (Lipinski definition) is 1. The molecule has 0 amide bonds. The molecule has 3 rings (SSSR count). The monoisotopic (exact) mass is 285 g/mol. The van der Waals surface area contributed by atoms with Crippen molar-refractivity contribution in [2.24, 2.45) is 0 Å². The highest BCUT2D eigenvalue weighted by Crippen LogP contribution is 2.30. The molecule has 6 heteroatoms. The molecule has 15 heavy (non-hydrogen) atoms. The fourth-order valence-electron chi connectivity index (χ4n) is 1.40. The molecule has 1 fully saturated rings. The molecule has 0 atom stereocenters. The van der Waals surface area contributed by atoms with E-state index in [1.165, 1.54) is 0 Å². The zero-order valence-electron chi connectivity index (χ0n) is 7.74. The fourth-order valence-corrected chi connectivity index (χ4v) is 2.71. The van der Waals surface area contributed by atoms with Crippen LogP contribution in [-0.2, 0) is 0 Å². The van der Waals surface area contributed by atoms with Gasteiger partial charge in [-0.2, -0.15) is 4.98 Å². The van der Waals surface area contributed by atoms with Gasteiger partial charge in [0.15, 0.2) is 0 Å². The summed E-state index contributed by atoms with van der Waals surface area (Å²) in [5.74, 6) is 1.83. The topological polar surface area (TPSA) is 51.0 Å². The van der Waals surface area contributed by atoms with E-state index in [4.69, 9.17) is 4.52 Å². The molecular formula is C9H8BrN3OS. The SMILES string of the molecule is Brc1ccc(-c2noc(C3CNC3)n2)s1. The van der Waals surface area contributed by atoms with Crippen molar-refractivity contribution in [1.82, 2.24) is 15.5 Å². The number of hydrogen-bond acceptors (Lipinski definition) is 5. The second kappa shape index (κ2) is 3.70. The molecule has 1 aliphatic rings. The molecule has 1 aliphatic heterocycles. The van der Waals surface area contributed by atoms with Crippen molar-refractivity contribution >= 4 is 27.3 Å². The molecule has 1 N–H and O–H groups in total. The highest BCUT2D eigenvalue weighted by molar-refractivity contribution is 9.11. The van der Waals surface area contributed by atoms with Crippen LogP contribution in [-0.4, -0.2) is 23.2 Å². The number of aromatic nitrogens is 2. The smallest absolute Gasteiger partial charge is 0.232 e. The van der Waals surface area contributed by atoms with Crippen molar-refractivity contribution in [3.63, 3.8) is 0 Å². The van der Waals surface area contributed by atoms with Crippen LogP contribution in [0.1, 0.15) is 11.8 Å². The quantitative estimate of drug-likeness (QED) is 0.920. The zero-order chi connectivity index (χ0) is 10.3. The normalized spacial score (nSPS) is 16.6. The average molecular weight is 286 g/mol. The molecular weight excluding hydrogens is 278 g/mol. The van der Waals surface area contributed by atoms with Crippen LogP contribution in [0.15, 0.2) is 20.4 Å². The highest BCUT2D eigenvalue weighted by Gasteiger charge is 2.25. The Labute approximate surface area is 98.8 Å². The Hall–Kier alpha value is -0.720. The molecule has 3 heterocycles. The van der Waals surface area contributed by atoms with Crippen LogP contribution in [0.5, 0.6) is 0 Å². The van der Waals surface area contributed by atoms with Crippen LogP contribution in [0.4, 0.5) is 0 Å². The first kappa shape index (κ1) is 9.50. The molecule has 0 spiro atoms. The molecule has 4 nitrogen and oxygen atoms in total. The van der Waals surface area contributed by atoms with Gasteiger partial charge in [-0.15, -0.1) is 11.3 Å². The number of nitrogens with zero attached hydrogens (tertiary/aromatic N) is 2. The summed E-state index contributed by atoms with van der Waals surface area (Å²) in [6.07, 6.45) is 0. The van der Waals surface area contributed by atoms with Crippen LogP contribution in [0.2, 0.25) is 0 Å². The second-order valence-electron chi connectivity index (χ2n) is 3.42. The third-order valence-corrected chi connectivity index (χ3v) is 3.99. The molecule has 0 radical (unpaired) electrons. The molecule has 0 unspecified atom stereocenters. The van der Waals surface area contributed by atoms with E-state index in [1.807, 2.05) is 12.1 Å². The molecule has 0 bridgehead atoms. The van der Waals surface area contributed by atoms with Gasteiger partial charge in [0.05, 0.1) is 14.6 Å². The van der Waals surface area contributed by atoms with Crippen LogP contribution < -0.4 is 5.32 Å². The summed E-state index contributed by atoms with van der Waals surface area (Å²) in [6, 6.07) is 3.98. The van der Waals surface area contributed by atoms with Gasteiger partial charge >= 0.3 is 0 Å². The minimum absolute atomic E-state index is 0.398. The second-order valence-corrected chi connectivity index (χ2v) is 5.88. The fraction of sp³-hybridized carbons (Fsp3) is 0.333. The lowest BCUT2D eigenvalue weighted by molar-refractivity contribution is 0.308. The summed E-state index contributed by atoms with van der Waals surface area (Å²) in [7, 11) is 0. The van der Waals surface area contributed by atoms with Gasteiger partial charge < -0.3 is 9.84 Å². The van der Waals surface area contributed by atoms with E-state index in [0.717, 1.165) is 27.6 Å². The van der Waals surface area contributed by atoms with Crippen molar-refractivity contribution in [3.05, 3.63) is 21.8 Å². The van der Waals surface area contributed by atoms with Crippen molar-refractivity contribution in [2.75, 3.05) is 13.1 Å². The van der Waals surface area contributed by atoms with Crippen molar-refractivity contribution < 1.29 is 4.52 Å². The van der Waals surface area contributed by atoms with Crippen LogP contribution in [0.25, 0.3) is 10.7 Å². The van der Waals surface area contributed by atoms with Gasteiger partial charge in [0.25, 0.3) is 0 Å². The highest BCUT2D eigenvalue weighted by atomic mass is 79.9. The summed E-state index contributed by atoms with van der Waals surface area (Å²) in [5.41, 5.74) is 0. The summed E-state index contributed by atoms with van der Waals surface area (Å²) in [6.45, 7) is 1.88. The maximum Gasteiger partial charge on any atom is 0.232 e. The number of halogens is 1. The third-order valence-electron chi connectivity index (χ3n) is 2.37. The maximum atomic E-state index is 5.22. The van der Waals surface area contributed by atoms with Gasteiger partial charge in [0, 0.05) is 13.1 Å². The third kappa shape index (κ3) is 1.73. The number of thiophene rings is 1. The van der Waals surface area contributed by atoms with Crippen molar-refractivity contribution in [3.8, 4) is 10.7 Å². The summed E-state index contributed by atoms with van der Waals surface area (Å²) < 4.78 is 6.30. The standard InChI is InChI=1S/C9H8BrN3OS/c10-7-2-1-6(15-7)8-12-9(14-13-8)5-3-11-4-5/h1-2,5,11H,3-4H2. The van der Waals surface area contributed by atoms with Crippen LogP contribution >= 0.6 is 27.3 Å². The van der Waals surface area contributed by atoms with Crippen LogP contribution in [0.3, 0.4) is 0 Å². The van der Waals surface area contributed by atoms with Crippen LogP contribution in [0, 0.1) is 0 Å². The Morgan fingerprint density at radius 1 is 1.47 bits per heavy atom. The van der Waals surface area contributed by atoms with Crippen molar-refractivity contribution in [2.45, 2.75) is 5.92 Å². The first-order valence-electron chi connectivity index (χ1n) is 4.63. The van der Waals surface area contributed by atoms with Gasteiger partial charge in [-0.25, -0.2) is 0 Å². The molecule has 0 aromatic carbocycles. The van der Waals surface area contributed by atoms with E-state index >= 15 is 0 Å². The Bertz CT molecular complexity index is 477. The van der Waals surface area contributed by atoms with Gasteiger partial charge in [0.1, 0.15) is 0 Å². The number of nitrogens with one attached hydrogen (secondary N) is 1. The lowest BCUT2D eigenvalue weighted by atomic mass is 10.0. The predicted molar refractivity (Wildman–Crippen MR) is 60.9 cm³/mol. The first-order valence-corrected chi connectivity index (χ1v) is 6.24. The minimum Gasteiger partial charge on any atom is -0.339 e. The molecule has 0 aliphatic carbocycles. The average Bonchev–Trinajstić information content (AvgIpc) is 2.70. The molecule has 2 aromatic rings. The van der Waals surface area contributed by atoms with E-state index in [2.05, 4.69) is 31.4 Å². The van der Waals surface area contributed by atoms with Gasteiger partial charge in [-0.1, -0.05) is 5.16 Å². The summed E-state index contributed by atoms with van der Waals surface area (Å²) >= 11 is 5.02. The zero-order valence-corrected chi connectivity index (χ0v) is 10.1. The largest absolute Gasteiger partial charge is 0.339 e. The van der Waals surface area contributed by atoms with Crippen molar-refractivity contribution in [1.29, 1.82) is 0 Å². The van der Waals surface area contributed by atoms with Gasteiger partial charge in [0.2, 0.25) is 11.7 Å². The predicted octanol–water partition coefficient (Wildman–Crippen LogP) is 2.25. The molecule has 78 valence electrons. The van der Waals surface area contributed by atoms with E-state index in [-0.39, 0.29) is 0 Å². The van der Waals surface area contributed by atoms with E-state index in [9.17, 15) is 0 Å². The van der Waals surface area contributed by atoms with Gasteiger partial charge in [-0.3, -0.25) is 0 Å². The summed E-state index contributed by atoms with van der Waals surface area (Å²) in [5, 5.41) is 7.16. The van der Waals surface area contributed by atoms with E-state index in [0.29, 0.717) is 11.7 Å². The lowest BCUT2D eigenvalue weighted by Crippen LogP contribution is -2.40. The molecule has 2 aromatic heterocycles. The summed E-state index contributed by atoms with van der Waals surface area (Å²) in [4.78, 5) is 5.42. The van der Waals surface area contributed by atoms with E-state index < -0.39 is 0 Å². The maximum absolute atomic E-state index is 5.22. The minimum atomic E-state index is 0.398.